The average Bonchev–Trinajstić information content (AvgIpc) is 2.96. The van der Waals surface area contributed by atoms with Crippen LogP contribution in [0.25, 0.3) is 11.5 Å². The van der Waals surface area contributed by atoms with E-state index in [1.165, 1.54) is 18.2 Å². The van der Waals surface area contributed by atoms with Crippen molar-refractivity contribution in [1.82, 2.24) is 14.9 Å². The molecule has 146 valence electrons. The summed E-state index contributed by atoms with van der Waals surface area (Å²) in [6.07, 6.45) is 0. The summed E-state index contributed by atoms with van der Waals surface area (Å²) in [4.78, 5) is 4.27. The normalized spacial score (nSPS) is 20.9. The molecule has 1 saturated carbocycles. The van der Waals surface area contributed by atoms with E-state index in [9.17, 15) is 17.2 Å². The molecule has 0 bridgehead atoms. The molecule has 0 spiro atoms. The van der Waals surface area contributed by atoms with Crippen LogP contribution >= 0.6 is 0 Å². The first-order chi connectivity index (χ1) is 13.2. The maximum atomic E-state index is 13.9. The van der Waals surface area contributed by atoms with Crippen molar-refractivity contribution in [3.63, 3.8) is 0 Å². The minimum Gasteiger partial charge on any atom is -0.334 e. The number of nitrogens with one attached hydrogen (secondary N) is 1. The Morgan fingerprint density at radius 2 is 1.68 bits per heavy atom. The topological polar surface area (TPSA) is 85.1 Å². The van der Waals surface area contributed by atoms with E-state index in [4.69, 9.17) is 4.52 Å². The Kier molecular flexibility index (Phi) is 4.31. The number of halogens is 2. The number of aromatic nitrogens is 2. The van der Waals surface area contributed by atoms with Gasteiger partial charge in [0.2, 0.25) is 10.0 Å². The molecule has 1 aliphatic rings. The van der Waals surface area contributed by atoms with Crippen molar-refractivity contribution in [3.8, 4) is 11.5 Å². The van der Waals surface area contributed by atoms with Crippen molar-refractivity contribution < 1.29 is 21.7 Å². The van der Waals surface area contributed by atoms with Crippen molar-refractivity contribution in [3.05, 3.63) is 66.0 Å². The van der Waals surface area contributed by atoms with Gasteiger partial charge in [-0.1, -0.05) is 43.3 Å². The lowest BCUT2D eigenvalue weighted by molar-refractivity contribution is 0.414. The molecule has 0 unspecified atom stereocenters. The van der Waals surface area contributed by atoms with Gasteiger partial charge in [-0.2, -0.15) is 4.98 Å². The van der Waals surface area contributed by atoms with Gasteiger partial charge in [0.05, 0.1) is 4.90 Å². The Labute approximate surface area is 160 Å². The van der Waals surface area contributed by atoms with Crippen LogP contribution in [0, 0.1) is 17.0 Å². The molecule has 0 radical (unpaired) electrons. The molecule has 2 aromatic carbocycles. The molecule has 1 aliphatic carbocycles. The second-order valence-electron chi connectivity index (χ2n) is 7.27. The van der Waals surface area contributed by atoms with Crippen LogP contribution in [-0.4, -0.2) is 24.6 Å². The number of benzene rings is 2. The van der Waals surface area contributed by atoms with Crippen LogP contribution in [0.5, 0.6) is 0 Å². The monoisotopic (exact) mass is 405 g/mol. The van der Waals surface area contributed by atoms with Crippen molar-refractivity contribution in [1.29, 1.82) is 0 Å². The first-order valence-electron chi connectivity index (χ1n) is 8.57. The molecule has 1 N–H and O–H groups in total. The lowest BCUT2D eigenvalue weighted by Gasteiger charge is -2.07. The zero-order valence-corrected chi connectivity index (χ0v) is 15.9. The summed E-state index contributed by atoms with van der Waals surface area (Å²) >= 11 is 0. The lowest BCUT2D eigenvalue weighted by Crippen LogP contribution is -2.29. The Hall–Kier alpha value is -2.65. The van der Waals surface area contributed by atoms with E-state index in [2.05, 4.69) is 14.9 Å². The fourth-order valence-corrected chi connectivity index (χ4v) is 4.76. The predicted molar refractivity (Wildman–Crippen MR) is 96.7 cm³/mol. The highest BCUT2D eigenvalue weighted by Crippen LogP contribution is 2.58. The molecule has 0 saturated heterocycles. The first kappa shape index (κ1) is 18.7. The van der Waals surface area contributed by atoms with Crippen LogP contribution in [0.4, 0.5) is 8.78 Å². The van der Waals surface area contributed by atoms with Gasteiger partial charge in [-0.25, -0.2) is 21.9 Å². The molecule has 9 heteroatoms. The van der Waals surface area contributed by atoms with Gasteiger partial charge in [-0.15, -0.1) is 0 Å². The standard InChI is InChI=1S/C19H17F2N3O3S/c1-19(2)15(16(19)24-28(25,26)11-7-4-3-5-8-11)17-22-18(27-23-17)14-12(20)9-6-10-13(14)21/h3-10,15-16,24H,1-2H3/t15-,16-/m0/s1. The van der Waals surface area contributed by atoms with E-state index in [0.29, 0.717) is 0 Å². The van der Waals surface area contributed by atoms with Gasteiger partial charge >= 0.3 is 0 Å². The molecular formula is C19H17F2N3O3S. The van der Waals surface area contributed by atoms with E-state index in [0.717, 1.165) is 12.1 Å². The number of hydrogen-bond acceptors (Lipinski definition) is 5. The van der Waals surface area contributed by atoms with Gasteiger partial charge in [-0.05, 0) is 29.7 Å². The summed E-state index contributed by atoms with van der Waals surface area (Å²) < 4.78 is 60.8. The largest absolute Gasteiger partial charge is 0.334 e. The maximum absolute atomic E-state index is 13.9. The number of hydrogen-bond donors (Lipinski definition) is 1. The Morgan fingerprint density at radius 1 is 1.04 bits per heavy atom. The van der Waals surface area contributed by atoms with Crippen molar-refractivity contribution in [2.24, 2.45) is 5.41 Å². The van der Waals surface area contributed by atoms with Crippen LogP contribution in [0.3, 0.4) is 0 Å². The second kappa shape index (κ2) is 6.46. The Balaban J connectivity index is 1.60. The summed E-state index contributed by atoms with van der Waals surface area (Å²) in [5.74, 6) is -2.10. The zero-order valence-electron chi connectivity index (χ0n) is 15.1. The molecular weight excluding hydrogens is 388 g/mol. The molecule has 6 nitrogen and oxygen atoms in total. The van der Waals surface area contributed by atoms with E-state index < -0.39 is 44.6 Å². The third kappa shape index (κ3) is 3.10. The molecule has 0 aliphatic heterocycles. The molecule has 4 rings (SSSR count). The second-order valence-corrected chi connectivity index (χ2v) is 8.98. The van der Waals surface area contributed by atoms with Gasteiger partial charge in [0.1, 0.15) is 17.2 Å². The van der Waals surface area contributed by atoms with Crippen molar-refractivity contribution >= 4 is 10.0 Å². The molecule has 1 aromatic heterocycles. The third-order valence-electron chi connectivity index (χ3n) is 5.06. The molecule has 1 heterocycles. The predicted octanol–water partition coefficient (Wildman–Crippen LogP) is 3.49. The minimum atomic E-state index is -3.72. The summed E-state index contributed by atoms with van der Waals surface area (Å²) in [7, 11) is -3.72. The van der Waals surface area contributed by atoms with Gasteiger partial charge in [-0.3, -0.25) is 0 Å². The van der Waals surface area contributed by atoms with E-state index in [1.807, 2.05) is 13.8 Å². The van der Waals surface area contributed by atoms with Crippen LogP contribution in [0.15, 0.2) is 57.9 Å². The van der Waals surface area contributed by atoms with Crippen LogP contribution in [0.2, 0.25) is 0 Å². The highest BCUT2D eigenvalue weighted by atomic mass is 32.2. The number of nitrogens with zero attached hydrogens (tertiary/aromatic N) is 2. The molecule has 2 atom stereocenters. The van der Waals surface area contributed by atoms with Gasteiger partial charge < -0.3 is 4.52 Å². The average molecular weight is 405 g/mol. The zero-order chi connectivity index (χ0) is 20.1. The summed E-state index contributed by atoms with van der Waals surface area (Å²) in [6, 6.07) is 11.0. The van der Waals surface area contributed by atoms with Gasteiger partial charge in [0, 0.05) is 12.0 Å². The summed E-state index contributed by atoms with van der Waals surface area (Å²) in [5.41, 5.74) is -0.891. The molecule has 28 heavy (non-hydrogen) atoms. The smallest absolute Gasteiger partial charge is 0.263 e. The first-order valence-corrected chi connectivity index (χ1v) is 10.1. The Bertz CT molecular complexity index is 1110. The molecule has 0 amide bonds. The van der Waals surface area contributed by atoms with Crippen molar-refractivity contribution in [2.75, 3.05) is 0 Å². The fraction of sp³-hybridized carbons (Fsp3) is 0.263. The highest BCUT2D eigenvalue weighted by Gasteiger charge is 2.62. The quantitative estimate of drug-likeness (QED) is 0.702. The third-order valence-corrected chi connectivity index (χ3v) is 6.52. The van der Waals surface area contributed by atoms with Crippen LogP contribution in [0.1, 0.15) is 25.6 Å². The SMILES string of the molecule is CC1(C)[C@H](c2noc(-c3c(F)cccc3F)n2)[C@@H]1NS(=O)(=O)c1ccccc1. The van der Waals surface area contributed by atoms with Gasteiger partial charge in [0.15, 0.2) is 5.82 Å². The minimum absolute atomic E-state index is 0.152. The molecule has 3 aromatic rings. The van der Waals surface area contributed by atoms with E-state index in [-0.39, 0.29) is 16.6 Å². The lowest BCUT2D eigenvalue weighted by atomic mass is 10.1. The molecule has 1 fully saturated rings. The highest BCUT2D eigenvalue weighted by molar-refractivity contribution is 7.89. The van der Waals surface area contributed by atoms with Crippen molar-refractivity contribution in [2.45, 2.75) is 30.7 Å². The van der Waals surface area contributed by atoms with Crippen LogP contribution < -0.4 is 4.72 Å². The number of sulfonamides is 1. The van der Waals surface area contributed by atoms with Crippen LogP contribution in [-0.2, 0) is 10.0 Å². The summed E-state index contributed by atoms with van der Waals surface area (Å²) in [6.45, 7) is 3.71. The fourth-order valence-electron chi connectivity index (χ4n) is 3.34. The summed E-state index contributed by atoms with van der Waals surface area (Å²) in [5, 5.41) is 3.83. The maximum Gasteiger partial charge on any atom is 0.263 e. The van der Waals surface area contributed by atoms with E-state index >= 15 is 0 Å². The van der Waals surface area contributed by atoms with E-state index in [1.54, 1.807) is 18.2 Å². The Morgan fingerprint density at radius 3 is 2.32 bits per heavy atom. The van der Waals surface area contributed by atoms with Gasteiger partial charge in [0.25, 0.3) is 5.89 Å². The number of rotatable bonds is 5.